The van der Waals surface area contributed by atoms with Gasteiger partial charge in [0.1, 0.15) is 13.2 Å². The normalized spacial score (nSPS) is 13.0. The summed E-state index contributed by atoms with van der Waals surface area (Å²) >= 11 is 0. The molecule has 0 aromatic carbocycles. The molecule has 0 N–H and O–H groups in total. The van der Waals surface area contributed by atoms with E-state index >= 15 is 0 Å². The summed E-state index contributed by atoms with van der Waals surface area (Å²) in [6.45, 7) is 6.38. The Kier molecular flexibility index (Phi) is 61.4. The molecule has 0 aliphatic rings. The van der Waals surface area contributed by atoms with Crippen LogP contribution in [0, 0.1) is 0 Å². The third kappa shape index (κ3) is 62.4. The Labute approximate surface area is 481 Å². The molecule has 78 heavy (non-hydrogen) atoms. The standard InChI is InChI=1S/C72H118O6/c1-4-7-10-13-16-19-21-23-25-27-28-29-30-31-32-33-34-35-36-37-38-39-40-41-42-43-44-46-47-49-51-53-56-59-62-65-71(74)77-68-69(67-76-70(73)64-61-58-55-18-15-12-9-6-3)78-72(75)66-63-60-57-54-52-50-48-45-26-24-22-20-17-14-11-8-5-2/h7-8,10-11,16-17,19-20,23-26,28-29,31-32,34-35,37-38,40-41,69H,4-6,9,12-15,18,21-22,27,30,33,36,39,42-68H2,1-3H3/b10-7-,11-8-,19-16-,20-17-,25-23-,26-24-,29-28-,32-31-,35-34-,38-37-,41-40-. The van der Waals surface area contributed by atoms with Crippen molar-refractivity contribution in [1.82, 2.24) is 0 Å². The third-order valence-electron chi connectivity index (χ3n) is 13.4. The van der Waals surface area contributed by atoms with E-state index in [1.165, 1.54) is 109 Å². The Bertz CT molecular complexity index is 1670. The van der Waals surface area contributed by atoms with E-state index in [9.17, 15) is 14.4 Å². The highest BCUT2D eigenvalue weighted by molar-refractivity contribution is 5.71. The lowest BCUT2D eigenvalue weighted by atomic mass is 10.1. The Morgan fingerprint density at radius 1 is 0.269 bits per heavy atom. The summed E-state index contributed by atoms with van der Waals surface area (Å²) in [5, 5.41) is 0. The van der Waals surface area contributed by atoms with Gasteiger partial charge in [-0.1, -0.05) is 283 Å². The van der Waals surface area contributed by atoms with Crippen LogP contribution in [0.3, 0.4) is 0 Å². The Morgan fingerprint density at radius 3 is 0.782 bits per heavy atom. The summed E-state index contributed by atoms with van der Waals surface area (Å²) in [7, 11) is 0. The minimum absolute atomic E-state index is 0.0837. The second-order valence-corrected chi connectivity index (χ2v) is 20.9. The lowest BCUT2D eigenvalue weighted by Crippen LogP contribution is -2.30. The Hall–Kier alpha value is -4.45. The molecule has 6 nitrogen and oxygen atoms in total. The smallest absolute Gasteiger partial charge is 0.306 e. The van der Waals surface area contributed by atoms with Crippen molar-refractivity contribution in [2.75, 3.05) is 13.2 Å². The summed E-state index contributed by atoms with van der Waals surface area (Å²) in [4.78, 5) is 38.1. The fraction of sp³-hybridized carbons (Fsp3) is 0.653. The van der Waals surface area contributed by atoms with Crippen molar-refractivity contribution < 1.29 is 28.6 Å². The van der Waals surface area contributed by atoms with Gasteiger partial charge >= 0.3 is 17.9 Å². The number of allylic oxidation sites excluding steroid dienone is 22. The summed E-state index contributed by atoms with van der Waals surface area (Å²) < 4.78 is 16.8. The highest BCUT2D eigenvalue weighted by Crippen LogP contribution is 2.15. The number of hydrogen-bond acceptors (Lipinski definition) is 6. The van der Waals surface area contributed by atoms with E-state index in [0.717, 1.165) is 135 Å². The molecule has 0 amide bonds. The number of hydrogen-bond donors (Lipinski definition) is 0. The van der Waals surface area contributed by atoms with Crippen LogP contribution in [0.15, 0.2) is 134 Å². The third-order valence-corrected chi connectivity index (χ3v) is 13.4. The Morgan fingerprint density at radius 2 is 0.500 bits per heavy atom. The molecule has 0 aliphatic heterocycles. The van der Waals surface area contributed by atoms with Crippen LogP contribution in [0.4, 0.5) is 0 Å². The van der Waals surface area contributed by atoms with Crippen LogP contribution in [0.2, 0.25) is 0 Å². The average molecular weight is 1080 g/mol. The predicted octanol–water partition coefficient (Wildman–Crippen LogP) is 22.2. The zero-order valence-electron chi connectivity index (χ0n) is 50.6. The second-order valence-electron chi connectivity index (χ2n) is 20.9. The van der Waals surface area contributed by atoms with Crippen molar-refractivity contribution in [3.05, 3.63) is 134 Å². The van der Waals surface area contributed by atoms with E-state index in [4.69, 9.17) is 14.2 Å². The average Bonchev–Trinajstić information content (AvgIpc) is 3.44. The molecule has 1 atom stereocenters. The van der Waals surface area contributed by atoms with Crippen LogP contribution < -0.4 is 0 Å². The van der Waals surface area contributed by atoms with Crippen LogP contribution in [0.1, 0.15) is 284 Å². The Balaban J connectivity index is 4.14. The van der Waals surface area contributed by atoms with Gasteiger partial charge in [-0.2, -0.15) is 0 Å². The zero-order valence-corrected chi connectivity index (χ0v) is 50.6. The van der Waals surface area contributed by atoms with Crippen molar-refractivity contribution in [3.63, 3.8) is 0 Å². The lowest BCUT2D eigenvalue weighted by molar-refractivity contribution is -0.167. The number of unbranched alkanes of at least 4 members (excludes halogenated alkanes) is 24. The molecule has 0 heterocycles. The van der Waals surface area contributed by atoms with Gasteiger partial charge in [0.05, 0.1) is 0 Å². The van der Waals surface area contributed by atoms with E-state index < -0.39 is 6.10 Å². The fourth-order valence-corrected chi connectivity index (χ4v) is 8.65. The van der Waals surface area contributed by atoms with Gasteiger partial charge in [0, 0.05) is 19.3 Å². The minimum Gasteiger partial charge on any atom is -0.462 e. The molecule has 0 aromatic heterocycles. The molecule has 0 bridgehead atoms. The van der Waals surface area contributed by atoms with Crippen molar-refractivity contribution >= 4 is 17.9 Å². The fourth-order valence-electron chi connectivity index (χ4n) is 8.65. The van der Waals surface area contributed by atoms with Crippen LogP contribution in [0.5, 0.6) is 0 Å². The second kappa shape index (κ2) is 65.1. The van der Waals surface area contributed by atoms with E-state index in [1.54, 1.807) is 0 Å². The maximum absolute atomic E-state index is 12.8. The largest absolute Gasteiger partial charge is 0.462 e. The molecular formula is C72H118O6. The van der Waals surface area contributed by atoms with Gasteiger partial charge in [-0.3, -0.25) is 14.4 Å². The van der Waals surface area contributed by atoms with Crippen molar-refractivity contribution in [2.24, 2.45) is 0 Å². The van der Waals surface area contributed by atoms with Gasteiger partial charge in [0.2, 0.25) is 0 Å². The van der Waals surface area contributed by atoms with Gasteiger partial charge < -0.3 is 14.2 Å². The molecule has 0 saturated carbocycles. The SMILES string of the molecule is CC/C=C\C/C=C\C/C=C\C/C=C\C/C=C\C/C=C\C/C=C\C/C=C\CCCCCCCCCCCCC(=O)OCC(COC(=O)CCCCCCCCCC)OC(=O)CCCCCCCCC/C=C\C/C=C\C/C=C\CC. The van der Waals surface area contributed by atoms with Crippen LogP contribution in [-0.4, -0.2) is 37.2 Å². The molecular weight excluding hydrogens is 961 g/mol. The first-order chi connectivity index (χ1) is 38.5. The number of rotatable bonds is 57. The van der Waals surface area contributed by atoms with Crippen molar-refractivity contribution in [2.45, 2.75) is 290 Å². The summed E-state index contributed by atoms with van der Waals surface area (Å²) in [6, 6.07) is 0. The van der Waals surface area contributed by atoms with E-state index in [1.807, 2.05) is 0 Å². The molecule has 0 radical (unpaired) electrons. The summed E-state index contributed by atoms with van der Waals surface area (Å²) in [6.07, 6.45) is 91.9. The van der Waals surface area contributed by atoms with Crippen molar-refractivity contribution in [3.8, 4) is 0 Å². The van der Waals surface area contributed by atoms with Gasteiger partial charge in [-0.25, -0.2) is 0 Å². The van der Waals surface area contributed by atoms with Gasteiger partial charge in [0.25, 0.3) is 0 Å². The maximum Gasteiger partial charge on any atom is 0.306 e. The van der Waals surface area contributed by atoms with E-state index in [-0.39, 0.29) is 31.1 Å². The first kappa shape index (κ1) is 73.5. The number of esters is 3. The van der Waals surface area contributed by atoms with E-state index in [0.29, 0.717) is 19.3 Å². The highest BCUT2D eigenvalue weighted by atomic mass is 16.6. The lowest BCUT2D eigenvalue weighted by Gasteiger charge is -2.18. The molecule has 0 spiro atoms. The van der Waals surface area contributed by atoms with Gasteiger partial charge in [-0.05, 0) is 116 Å². The van der Waals surface area contributed by atoms with Gasteiger partial charge in [-0.15, -0.1) is 0 Å². The number of carbonyl (C=O) groups is 3. The van der Waals surface area contributed by atoms with Crippen LogP contribution >= 0.6 is 0 Å². The highest BCUT2D eigenvalue weighted by Gasteiger charge is 2.19. The molecule has 0 aliphatic carbocycles. The first-order valence-electron chi connectivity index (χ1n) is 32.2. The predicted molar refractivity (Wildman–Crippen MR) is 339 cm³/mol. The summed E-state index contributed by atoms with van der Waals surface area (Å²) in [5.41, 5.74) is 0. The molecule has 0 fully saturated rings. The van der Waals surface area contributed by atoms with Gasteiger partial charge in [0.15, 0.2) is 6.10 Å². The zero-order chi connectivity index (χ0) is 56.4. The van der Waals surface area contributed by atoms with E-state index in [2.05, 4.69) is 154 Å². The maximum atomic E-state index is 12.8. The summed E-state index contributed by atoms with van der Waals surface area (Å²) in [5.74, 6) is -0.901. The molecule has 6 heteroatoms. The molecule has 442 valence electrons. The molecule has 1 unspecified atom stereocenters. The first-order valence-corrected chi connectivity index (χ1v) is 32.2. The number of carbonyl (C=O) groups excluding carboxylic acids is 3. The van der Waals surface area contributed by atoms with Crippen molar-refractivity contribution in [1.29, 1.82) is 0 Å². The monoisotopic (exact) mass is 1080 g/mol. The molecule has 0 aromatic rings. The molecule has 0 saturated heterocycles. The minimum atomic E-state index is -0.786. The van der Waals surface area contributed by atoms with Crippen LogP contribution in [0.25, 0.3) is 0 Å². The van der Waals surface area contributed by atoms with Crippen LogP contribution in [-0.2, 0) is 28.6 Å². The quantitative estimate of drug-likeness (QED) is 0.0261. The number of ether oxygens (including phenoxy) is 3. The molecule has 0 rings (SSSR count). The topological polar surface area (TPSA) is 78.9 Å².